The molecular weight excluding hydrogens is 403 g/mol. The monoisotopic (exact) mass is 425 g/mol. The van der Waals surface area contributed by atoms with E-state index in [2.05, 4.69) is 20.6 Å². The van der Waals surface area contributed by atoms with E-state index in [1.54, 1.807) is 4.90 Å². The van der Waals surface area contributed by atoms with Crippen molar-refractivity contribution in [2.45, 2.75) is 32.5 Å². The Kier molecular flexibility index (Phi) is 6.73. The lowest BCUT2D eigenvalue weighted by Crippen LogP contribution is -2.40. The van der Waals surface area contributed by atoms with Crippen LogP contribution < -0.4 is 15.5 Å². The van der Waals surface area contributed by atoms with Crippen LogP contribution in [0.1, 0.15) is 29.6 Å². The van der Waals surface area contributed by atoms with Gasteiger partial charge in [0.05, 0.1) is 6.54 Å². The molecule has 10 heteroatoms. The number of anilines is 1. The molecule has 0 unspecified atom stereocenters. The number of aliphatic imine (C=N–C) groups is 1. The number of para-hydroxylation sites is 1. The molecular formula is C19H22F3N5OS. The van der Waals surface area contributed by atoms with Gasteiger partial charge in [-0.1, -0.05) is 18.2 Å². The van der Waals surface area contributed by atoms with Crippen LogP contribution in [0.4, 0.5) is 18.9 Å². The van der Waals surface area contributed by atoms with Gasteiger partial charge in [-0.2, -0.15) is 13.2 Å². The van der Waals surface area contributed by atoms with E-state index in [0.29, 0.717) is 24.1 Å². The van der Waals surface area contributed by atoms with Gasteiger partial charge < -0.3 is 15.5 Å². The maximum atomic E-state index is 12.7. The lowest BCUT2D eigenvalue weighted by atomic mass is 10.0. The second-order valence-electron chi connectivity index (χ2n) is 6.45. The van der Waals surface area contributed by atoms with Gasteiger partial charge in [-0.15, -0.1) is 11.3 Å². The molecule has 0 radical (unpaired) electrons. The fraction of sp³-hybridized carbons (Fsp3) is 0.421. The average molecular weight is 425 g/mol. The van der Waals surface area contributed by atoms with Gasteiger partial charge in [0.2, 0.25) is 5.91 Å². The summed E-state index contributed by atoms with van der Waals surface area (Å²) in [7, 11) is 0. The molecule has 0 saturated carbocycles. The zero-order valence-corrected chi connectivity index (χ0v) is 16.7. The van der Waals surface area contributed by atoms with Crippen LogP contribution in [0.3, 0.4) is 0 Å². The van der Waals surface area contributed by atoms with E-state index in [9.17, 15) is 18.0 Å². The average Bonchev–Trinajstić information content (AvgIpc) is 3.19. The van der Waals surface area contributed by atoms with Crippen molar-refractivity contribution in [1.29, 1.82) is 0 Å². The number of aryl methyl sites for hydroxylation is 1. The second kappa shape index (κ2) is 9.25. The molecule has 0 fully saturated rings. The zero-order chi connectivity index (χ0) is 20.9. The molecule has 1 aromatic carbocycles. The number of rotatable bonds is 5. The minimum Gasteiger partial charge on any atom is -0.357 e. The first kappa shape index (κ1) is 21.1. The Hall–Kier alpha value is -2.62. The molecule has 0 spiro atoms. The van der Waals surface area contributed by atoms with Crippen molar-refractivity contribution in [3.05, 3.63) is 45.9 Å². The van der Waals surface area contributed by atoms with Crippen molar-refractivity contribution in [3.8, 4) is 0 Å². The molecule has 1 aliphatic rings. The molecule has 0 atom stereocenters. The fourth-order valence-electron chi connectivity index (χ4n) is 3.05. The molecule has 29 heavy (non-hydrogen) atoms. The third kappa shape index (κ3) is 5.47. The quantitative estimate of drug-likeness (QED) is 0.570. The summed E-state index contributed by atoms with van der Waals surface area (Å²) in [5, 5.41) is 7.19. The number of thiazole rings is 1. The number of halogens is 3. The van der Waals surface area contributed by atoms with Gasteiger partial charge in [-0.05, 0) is 31.4 Å². The second-order valence-corrected chi connectivity index (χ2v) is 7.39. The van der Waals surface area contributed by atoms with Crippen LogP contribution >= 0.6 is 11.3 Å². The van der Waals surface area contributed by atoms with Crippen molar-refractivity contribution in [3.63, 3.8) is 0 Å². The summed E-state index contributed by atoms with van der Waals surface area (Å²) in [4.78, 5) is 22.3. The molecule has 2 aromatic rings. The lowest BCUT2D eigenvalue weighted by Gasteiger charge is -2.29. The number of carbonyl (C=O) groups excluding carboxylic acids is 1. The van der Waals surface area contributed by atoms with Crippen LogP contribution in [0.2, 0.25) is 0 Å². The SMILES string of the molecule is CCNC(=NCC(=O)N1CCCc2ccccc21)NCc1nc(C(F)(F)F)cs1. The van der Waals surface area contributed by atoms with Gasteiger partial charge >= 0.3 is 6.18 Å². The van der Waals surface area contributed by atoms with Crippen LogP contribution in [-0.2, 0) is 23.9 Å². The Bertz CT molecular complexity index is 881. The Morgan fingerprint density at radius 3 is 2.83 bits per heavy atom. The lowest BCUT2D eigenvalue weighted by molar-refractivity contribution is -0.140. The molecule has 0 bridgehead atoms. The largest absolute Gasteiger partial charge is 0.434 e. The summed E-state index contributed by atoms with van der Waals surface area (Å²) in [6.45, 7) is 3.10. The van der Waals surface area contributed by atoms with Crippen LogP contribution in [0, 0.1) is 0 Å². The first-order chi connectivity index (χ1) is 13.9. The number of fused-ring (bicyclic) bond motifs is 1. The maximum Gasteiger partial charge on any atom is 0.434 e. The summed E-state index contributed by atoms with van der Waals surface area (Å²) < 4.78 is 38.0. The molecule has 2 heterocycles. The Morgan fingerprint density at radius 2 is 2.10 bits per heavy atom. The molecule has 3 rings (SSSR count). The molecule has 1 aliphatic heterocycles. The summed E-state index contributed by atoms with van der Waals surface area (Å²) >= 11 is 0.924. The number of carbonyl (C=O) groups is 1. The molecule has 6 nitrogen and oxygen atoms in total. The van der Waals surface area contributed by atoms with Crippen molar-refractivity contribution in [2.24, 2.45) is 4.99 Å². The van der Waals surface area contributed by atoms with Crippen molar-refractivity contribution >= 4 is 28.9 Å². The number of aromatic nitrogens is 1. The van der Waals surface area contributed by atoms with E-state index >= 15 is 0 Å². The van der Waals surface area contributed by atoms with Crippen LogP contribution in [0.5, 0.6) is 0 Å². The first-order valence-corrected chi connectivity index (χ1v) is 10.2. The highest BCUT2D eigenvalue weighted by molar-refractivity contribution is 7.09. The summed E-state index contributed by atoms with van der Waals surface area (Å²) in [5.74, 6) is 0.234. The van der Waals surface area contributed by atoms with Gasteiger partial charge in [0.25, 0.3) is 0 Å². The zero-order valence-electron chi connectivity index (χ0n) is 15.9. The van der Waals surface area contributed by atoms with Crippen molar-refractivity contribution in [2.75, 3.05) is 24.5 Å². The number of nitrogens with one attached hydrogen (secondary N) is 2. The molecule has 0 saturated heterocycles. The van der Waals surface area contributed by atoms with Crippen LogP contribution in [0.25, 0.3) is 0 Å². The standard InChI is InChI=1S/C19H22F3N5OS/c1-2-23-18(24-10-16-26-15(12-29-16)19(20,21)22)25-11-17(28)27-9-5-7-13-6-3-4-8-14(13)27/h3-4,6,8,12H,2,5,7,9-11H2,1H3,(H2,23,24,25). The predicted molar refractivity (Wildman–Crippen MR) is 107 cm³/mol. The summed E-state index contributed by atoms with van der Waals surface area (Å²) in [5.41, 5.74) is 1.16. The highest BCUT2D eigenvalue weighted by atomic mass is 32.1. The highest BCUT2D eigenvalue weighted by Gasteiger charge is 2.33. The van der Waals surface area contributed by atoms with E-state index in [-0.39, 0.29) is 19.0 Å². The molecule has 1 amide bonds. The van der Waals surface area contributed by atoms with Gasteiger partial charge in [0.15, 0.2) is 11.7 Å². The van der Waals surface area contributed by atoms with E-state index in [0.717, 1.165) is 40.8 Å². The smallest absolute Gasteiger partial charge is 0.357 e. The molecule has 0 aliphatic carbocycles. The Labute approximate surface area is 170 Å². The number of guanidine groups is 1. The fourth-order valence-corrected chi connectivity index (χ4v) is 3.79. The maximum absolute atomic E-state index is 12.7. The molecule has 2 N–H and O–H groups in total. The van der Waals surface area contributed by atoms with Gasteiger partial charge in [-0.25, -0.2) is 9.98 Å². The highest BCUT2D eigenvalue weighted by Crippen LogP contribution is 2.30. The summed E-state index contributed by atoms with van der Waals surface area (Å²) in [6, 6.07) is 7.82. The minimum atomic E-state index is -4.45. The van der Waals surface area contributed by atoms with Crippen molar-refractivity contribution < 1.29 is 18.0 Å². The number of alkyl halides is 3. The third-order valence-corrected chi connectivity index (χ3v) is 5.23. The van der Waals surface area contributed by atoms with Crippen LogP contribution in [-0.4, -0.2) is 36.5 Å². The molecule has 156 valence electrons. The summed E-state index contributed by atoms with van der Waals surface area (Å²) in [6.07, 6.45) is -2.61. The minimum absolute atomic E-state index is 0.0602. The number of hydrogen-bond acceptors (Lipinski definition) is 4. The first-order valence-electron chi connectivity index (χ1n) is 9.30. The van der Waals surface area contributed by atoms with Gasteiger partial charge in [0.1, 0.15) is 11.6 Å². The number of hydrogen-bond donors (Lipinski definition) is 2. The topological polar surface area (TPSA) is 69.6 Å². The van der Waals surface area contributed by atoms with E-state index in [1.807, 2.05) is 31.2 Å². The Balaban J connectivity index is 1.62. The predicted octanol–water partition coefficient (Wildman–Crippen LogP) is 3.20. The van der Waals surface area contributed by atoms with Crippen LogP contribution in [0.15, 0.2) is 34.6 Å². The normalized spacial score (nSPS) is 14.5. The van der Waals surface area contributed by atoms with Gasteiger partial charge in [-0.3, -0.25) is 4.79 Å². The van der Waals surface area contributed by atoms with Gasteiger partial charge in [0, 0.05) is 24.2 Å². The number of benzene rings is 1. The molecule has 1 aromatic heterocycles. The third-order valence-electron chi connectivity index (χ3n) is 4.38. The number of amides is 1. The van der Waals surface area contributed by atoms with E-state index in [4.69, 9.17) is 0 Å². The Morgan fingerprint density at radius 1 is 1.31 bits per heavy atom. The van der Waals surface area contributed by atoms with E-state index < -0.39 is 11.9 Å². The van der Waals surface area contributed by atoms with Crippen molar-refractivity contribution in [1.82, 2.24) is 15.6 Å². The van der Waals surface area contributed by atoms with E-state index in [1.165, 1.54) is 0 Å². The number of nitrogens with zero attached hydrogens (tertiary/aromatic N) is 3.